The highest BCUT2D eigenvalue weighted by molar-refractivity contribution is 5.92. The number of primary amides is 1. The fraction of sp³-hybridized carbons (Fsp3) is 0.217. The molecule has 1 fully saturated rings. The van der Waals surface area contributed by atoms with Crippen LogP contribution in [-0.4, -0.2) is 45.4 Å². The zero-order valence-corrected chi connectivity index (χ0v) is 17.1. The van der Waals surface area contributed by atoms with Crippen LogP contribution in [0.5, 0.6) is 0 Å². The highest BCUT2D eigenvalue weighted by Crippen LogP contribution is 2.29. The number of hydrogen-bond acceptors (Lipinski definition) is 6. The third kappa shape index (κ3) is 3.85. The smallest absolute Gasteiger partial charge is 0.248 e. The van der Waals surface area contributed by atoms with E-state index in [2.05, 4.69) is 44.2 Å². The SMILES string of the molecule is Cn1cc(-c2ccc3cnc(N4CCOC(c5cc(C(N)=O)ccn5)C4)cc3c2)cn1. The van der Waals surface area contributed by atoms with E-state index in [0.717, 1.165) is 34.3 Å². The van der Waals surface area contributed by atoms with Crippen LogP contribution in [0.15, 0.2) is 61.2 Å². The minimum atomic E-state index is -0.475. The molecule has 1 saturated heterocycles. The molecule has 0 aliphatic carbocycles. The Balaban J connectivity index is 1.43. The number of hydrogen-bond donors (Lipinski definition) is 1. The van der Waals surface area contributed by atoms with E-state index >= 15 is 0 Å². The third-order valence-electron chi connectivity index (χ3n) is 5.53. The van der Waals surface area contributed by atoms with Crippen molar-refractivity contribution < 1.29 is 9.53 Å². The summed E-state index contributed by atoms with van der Waals surface area (Å²) in [5, 5.41) is 6.46. The molecule has 4 aromatic rings. The molecule has 0 spiro atoms. The first-order chi connectivity index (χ1) is 15.1. The van der Waals surface area contributed by atoms with Crippen molar-refractivity contribution in [1.29, 1.82) is 0 Å². The van der Waals surface area contributed by atoms with Gasteiger partial charge in [-0.25, -0.2) is 4.98 Å². The van der Waals surface area contributed by atoms with Gasteiger partial charge in [0, 0.05) is 48.7 Å². The highest BCUT2D eigenvalue weighted by Gasteiger charge is 2.24. The van der Waals surface area contributed by atoms with Crippen LogP contribution in [0.2, 0.25) is 0 Å². The fourth-order valence-electron chi connectivity index (χ4n) is 3.87. The van der Waals surface area contributed by atoms with E-state index < -0.39 is 5.91 Å². The number of amides is 1. The van der Waals surface area contributed by atoms with E-state index in [1.54, 1.807) is 23.0 Å². The summed E-state index contributed by atoms with van der Waals surface area (Å²) in [5.41, 5.74) is 8.72. The molecule has 156 valence electrons. The molecule has 3 aromatic heterocycles. The van der Waals surface area contributed by atoms with Crippen molar-refractivity contribution in [1.82, 2.24) is 19.7 Å². The lowest BCUT2D eigenvalue weighted by molar-refractivity contribution is 0.0367. The normalized spacial score (nSPS) is 16.5. The van der Waals surface area contributed by atoms with Crippen molar-refractivity contribution in [2.45, 2.75) is 6.10 Å². The number of morpholine rings is 1. The maximum atomic E-state index is 11.5. The van der Waals surface area contributed by atoms with Crippen LogP contribution in [0, 0.1) is 0 Å². The standard InChI is InChI=1S/C23H22N6O2/c1-28-13-19(12-27-28)15-2-3-17-11-26-22(10-18(17)8-15)29-6-7-31-21(14-29)20-9-16(23(24)30)4-5-25-20/h2-5,8-13,21H,6-7,14H2,1H3,(H2,24,30). The number of carbonyl (C=O) groups excluding carboxylic acids is 1. The molecule has 0 radical (unpaired) electrons. The molecular formula is C23H22N6O2. The van der Waals surface area contributed by atoms with Crippen LogP contribution in [0.25, 0.3) is 21.9 Å². The Labute approximate surface area is 179 Å². The van der Waals surface area contributed by atoms with Crippen LogP contribution < -0.4 is 10.6 Å². The lowest BCUT2D eigenvalue weighted by Crippen LogP contribution is -2.39. The van der Waals surface area contributed by atoms with E-state index in [1.807, 2.05) is 25.6 Å². The van der Waals surface area contributed by atoms with E-state index in [1.165, 1.54) is 0 Å². The molecule has 1 aliphatic rings. The van der Waals surface area contributed by atoms with E-state index in [0.29, 0.717) is 24.4 Å². The van der Waals surface area contributed by atoms with Crippen LogP contribution >= 0.6 is 0 Å². The van der Waals surface area contributed by atoms with Crippen molar-refractivity contribution in [3.8, 4) is 11.1 Å². The van der Waals surface area contributed by atoms with E-state index in [9.17, 15) is 4.79 Å². The molecule has 1 unspecified atom stereocenters. The average Bonchev–Trinajstić information content (AvgIpc) is 3.25. The maximum absolute atomic E-state index is 11.5. The van der Waals surface area contributed by atoms with Gasteiger partial charge in [0.25, 0.3) is 0 Å². The summed E-state index contributed by atoms with van der Waals surface area (Å²) in [5.74, 6) is 0.409. The molecule has 31 heavy (non-hydrogen) atoms. The van der Waals surface area contributed by atoms with Crippen molar-refractivity contribution in [2.75, 3.05) is 24.6 Å². The summed E-state index contributed by atoms with van der Waals surface area (Å²) in [4.78, 5) is 22.7. The van der Waals surface area contributed by atoms with Gasteiger partial charge in [-0.05, 0) is 35.2 Å². The number of carbonyl (C=O) groups is 1. The number of aromatic nitrogens is 4. The minimum absolute atomic E-state index is 0.257. The summed E-state index contributed by atoms with van der Waals surface area (Å²) in [6, 6.07) is 11.7. The Kier molecular flexibility index (Phi) is 4.83. The molecule has 0 saturated carbocycles. The molecule has 4 heterocycles. The second kappa shape index (κ2) is 7.81. The topological polar surface area (TPSA) is 99.2 Å². The van der Waals surface area contributed by atoms with Crippen molar-refractivity contribution in [3.63, 3.8) is 0 Å². The number of nitrogens with zero attached hydrogens (tertiary/aromatic N) is 5. The van der Waals surface area contributed by atoms with Gasteiger partial charge in [0.1, 0.15) is 11.9 Å². The Hall–Kier alpha value is -3.78. The highest BCUT2D eigenvalue weighted by atomic mass is 16.5. The number of ether oxygens (including phenoxy) is 1. The van der Waals surface area contributed by atoms with Gasteiger partial charge in [0.2, 0.25) is 5.91 Å². The minimum Gasteiger partial charge on any atom is -0.368 e. The number of fused-ring (bicyclic) bond motifs is 1. The molecule has 8 heteroatoms. The van der Waals surface area contributed by atoms with Crippen molar-refractivity contribution in [2.24, 2.45) is 12.8 Å². The van der Waals surface area contributed by atoms with Gasteiger partial charge in [0.15, 0.2) is 0 Å². The van der Waals surface area contributed by atoms with Crippen molar-refractivity contribution >= 4 is 22.5 Å². The van der Waals surface area contributed by atoms with Gasteiger partial charge >= 0.3 is 0 Å². The van der Waals surface area contributed by atoms with Crippen LogP contribution in [-0.2, 0) is 11.8 Å². The monoisotopic (exact) mass is 414 g/mol. The Morgan fingerprint density at radius 3 is 2.81 bits per heavy atom. The Morgan fingerprint density at radius 1 is 1.10 bits per heavy atom. The largest absolute Gasteiger partial charge is 0.368 e. The molecule has 1 aromatic carbocycles. The first-order valence-electron chi connectivity index (χ1n) is 10.1. The molecule has 8 nitrogen and oxygen atoms in total. The summed E-state index contributed by atoms with van der Waals surface area (Å²) in [6.45, 7) is 1.87. The Morgan fingerprint density at radius 2 is 2.00 bits per heavy atom. The second-order valence-corrected chi connectivity index (χ2v) is 7.65. The number of pyridine rings is 2. The zero-order valence-electron chi connectivity index (χ0n) is 17.1. The second-order valence-electron chi connectivity index (χ2n) is 7.65. The van der Waals surface area contributed by atoms with Gasteiger partial charge in [-0.1, -0.05) is 12.1 Å². The Bertz CT molecular complexity index is 1270. The maximum Gasteiger partial charge on any atom is 0.248 e. The first kappa shape index (κ1) is 19.2. The number of benzene rings is 1. The quantitative estimate of drug-likeness (QED) is 0.551. The predicted octanol–water partition coefficient (Wildman–Crippen LogP) is 2.71. The summed E-state index contributed by atoms with van der Waals surface area (Å²) < 4.78 is 7.72. The number of rotatable bonds is 4. The number of nitrogens with two attached hydrogens (primary N) is 1. The summed E-state index contributed by atoms with van der Waals surface area (Å²) in [6.07, 6.45) is 7.10. The predicted molar refractivity (Wildman–Crippen MR) is 118 cm³/mol. The zero-order chi connectivity index (χ0) is 21.4. The molecule has 1 atom stereocenters. The van der Waals surface area contributed by atoms with Gasteiger partial charge in [-0.3, -0.25) is 14.5 Å². The number of aryl methyl sites for hydroxylation is 1. The van der Waals surface area contributed by atoms with Gasteiger partial charge in [0.05, 0.1) is 25.0 Å². The van der Waals surface area contributed by atoms with E-state index in [-0.39, 0.29) is 6.10 Å². The van der Waals surface area contributed by atoms with Gasteiger partial charge in [-0.2, -0.15) is 5.10 Å². The molecule has 1 aliphatic heterocycles. The van der Waals surface area contributed by atoms with Crippen molar-refractivity contribution in [3.05, 3.63) is 72.4 Å². The number of anilines is 1. The molecule has 2 N–H and O–H groups in total. The van der Waals surface area contributed by atoms with Crippen LogP contribution in [0.3, 0.4) is 0 Å². The summed E-state index contributed by atoms with van der Waals surface area (Å²) >= 11 is 0. The lowest BCUT2D eigenvalue weighted by Gasteiger charge is -2.33. The average molecular weight is 414 g/mol. The summed E-state index contributed by atoms with van der Waals surface area (Å²) in [7, 11) is 1.91. The third-order valence-corrected chi connectivity index (χ3v) is 5.53. The lowest BCUT2D eigenvalue weighted by atomic mass is 10.0. The first-order valence-corrected chi connectivity index (χ1v) is 10.1. The molecule has 1 amide bonds. The van der Waals surface area contributed by atoms with Gasteiger partial charge in [-0.15, -0.1) is 0 Å². The molecular weight excluding hydrogens is 392 g/mol. The van der Waals surface area contributed by atoms with Crippen LogP contribution in [0.1, 0.15) is 22.2 Å². The fourth-order valence-corrected chi connectivity index (χ4v) is 3.87. The van der Waals surface area contributed by atoms with Crippen LogP contribution in [0.4, 0.5) is 5.82 Å². The molecule has 5 rings (SSSR count). The molecule has 0 bridgehead atoms. The van der Waals surface area contributed by atoms with Gasteiger partial charge < -0.3 is 15.4 Å². The van der Waals surface area contributed by atoms with E-state index in [4.69, 9.17) is 10.5 Å².